The van der Waals surface area contributed by atoms with Gasteiger partial charge in [-0.1, -0.05) is 6.07 Å². The number of aryl methyl sites for hydroxylation is 1. The fourth-order valence-corrected chi connectivity index (χ4v) is 1.13. The first-order valence-electron chi connectivity index (χ1n) is 4.67. The first-order valence-corrected chi connectivity index (χ1v) is 4.67. The average molecular weight is 191 g/mol. The molecular formula is C12H14FN. The Kier molecular flexibility index (Phi) is 4.00. The number of rotatable bonds is 4. The van der Waals surface area contributed by atoms with E-state index in [1.807, 2.05) is 6.07 Å². The largest absolute Gasteiger partial charge is 0.385 e. The number of halogens is 1. The van der Waals surface area contributed by atoms with E-state index in [4.69, 9.17) is 6.42 Å². The molecule has 14 heavy (non-hydrogen) atoms. The Bertz CT molecular complexity index is 339. The zero-order valence-corrected chi connectivity index (χ0v) is 8.31. The lowest BCUT2D eigenvalue weighted by Gasteiger charge is -2.05. The smallest absolute Gasteiger partial charge is 0.128 e. The molecule has 0 heterocycles. The number of hydrogen-bond donors (Lipinski definition) is 1. The molecule has 0 spiro atoms. The number of terminal acetylenes is 1. The lowest BCUT2D eigenvalue weighted by molar-refractivity contribution is 0.619. The lowest BCUT2D eigenvalue weighted by Crippen LogP contribution is -2.01. The maximum Gasteiger partial charge on any atom is 0.128 e. The summed E-state index contributed by atoms with van der Waals surface area (Å²) in [5.41, 5.74) is 1.48. The average Bonchev–Trinajstić information content (AvgIpc) is 2.18. The normalized spacial score (nSPS) is 9.50. The van der Waals surface area contributed by atoms with E-state index in [2.05, 4.69) is 11.2 Å². The molecular weight excluding hydrogens is 177 g/mol. The molecule has 1 N–H and O–H groups in total. The van der Waals surface area contributed by atoms with Gasteiger partial charge < -0.3 is 5.32 Å². The summed E-state index contributed by atoms with van der Waals surface area (Å²) >= 11 is 0. The maximum absolute atomic E-state index is 13.1. The highest BCUT2D eigenvalue weighted by Gasteiger charge is 1.97. The van der Waals surface area contributed by atoms with Crippen LogP contribution in [0.2, 0.25) is 0 Å². The minimum absolute atomic E-state index is 0.174. The van der Waals surface area contributed by atoms with Gasteiger partial charge in [0.25, 0.3) is 0 Å². The Morgan fingerprint density at radius 2 is 2.29 bits per heavy atom. The topological polar surface area (TPSA) is 12.0 Å². The molecule has 0 radical (unpaired) electrons. The van der Waals surface area contributed by atoms with E-state index in [9.17, 15) is 4.39 Å². The summed E-state index contributed by atoms with van der Waals surface area (Å²) in [7, 11) is 0. The molecule has 1 aromatic carbocycles. The quantitative estimate of drug-likeness (QED) is 0.570. The Morgan fingerprint density at radius 3 is 2.93 bits per heavy atom. The minimum Gasteiger partial charge on any atom is -0.385 e. The van der Waals surface area contributed by atoms with Crippen LogP contribution >= 0.6 is 0 Å². The van der Waals surface area contributed by atoms with E-state index < -0.39 is 0 Å². The number of nitrogens with one attached hydrogen (secondary N) is 1. The molecule has 0 atom stereocenters. The van der Waals surface area contributed by atoms with Gasteiger partial charge in [-0.2, -0.15) is 0 Å². The Labute approximate surface area is 84.3 Å². The van der Waals surface area contributed by atoms with Crippen molar-refractivity contribution in [1.29, 1.82) is 0 Å². The van der Waals surface area contributed by atoms with Gasteiger partial charge in [0.1, 0.15) is 5.82 Å². The van der Waals surface area contributed by atoms with Gasteiger partial charge >= 0.3 is 0 Å². The van der Waals surface area contributed by atoms with Crippen molar-refractivity contribution >= 4 is 5.69 Å². The first-order chi connectivity index (χ1) is 6.74. The third-order valence-corrected chi connectivity index (χ3v) is 2.00. The lowest BCUT2D eigenvalue weighted by atomic mass is 10.2. The van der Waals surface area contributed by atoms with Crippen LogP contribution in [0.15, 0.2) is 18.2 Å². The van der Waals surface area contributed by atoms with Crippen LogP contribution in [0.5, 0.6) is 0 Å². The molecule has 0 unspecified atom stereocenters. The molecule has 0 aliphatic heterocycles. The van der Waals surface area contributed by atoms with Crippen molar-refractivity contribution < 1.29 is 4.39 Å². The molecule has 0 saturated heterocycles. The number of anilines is 1. The molecule has 0 fully saturated rings. The van der Waals surface area contributed by atoms with Crippen molar-refractivity contribution in [3.05, 3.63) is 29.6 Å². The van der Waals surface area contributed by atoms with Gasteiger partial charge in [-0.3, -0.25) is 0 Å². The van der Waals surface area contributed by atoms with Gasteiger partial charge in [0.2, 0.25) is 0 Å². The van der Waals surface area contributed by atoms with Gasteiger partial charge in [0, 0.05) is 18.7 Å². The monoisotopic (exact) mass is 191 g/mol. The molecule has 2 heteroatoms. The molecule has 0 saturated carbocycles. The second-order valence-corrected chi connectivity index (χ2v) is 3.20. The summed E-state index contributed by atoms with van der Waals surface area (Å²) in [6, 6.07) is 5.14. The molecule has 0 bridgehead atoms. The van der Waals surface area contributed by atoms with E-state index in [0.717, 1.165) is 25.1 Å². The van der Waals surface area contributed by atoms with Crippen molar-refractivity contribution in [2.75, 3.05) is 11.9 Å². The van der Waals surface area contributed by atoms with Crippen LogP contribution in [0.3, 0.4) is 0 Å². The van der Waals surface area contributed by atoms with Crippen LogP contribution < -0.4 is 5.32 Å². The number of benzene rings is 1. The predicted octanol–water partition coefficient (Wildman–Crippen LogP) is 2.96. The summed E-state index contributed by atoms with van der Waals surface area (Å²) in [5.74, 6) is 2.39. The van der Waals surface area contributed by atoms with Gasteiger partial charge in [-0.15, -0.1) is 12.3 Å². The van der Waals surface area contributed by atoms with Crippen LogP contribution in [0, 0.1) is 25.1 Å². The van der Waals surface area contributed by atoms with Crippen LogP contribution in [0.4, 0.5) is 10.1 Å². The second-order valence-electron chi connectivity index (χ2n) is 3.20. The van der Waals surface area contributed by atoms with Crippen LogP contribution in [0.25, 0.3) is 0 Å². The van der Waals surface area contributed by atoms with Crippen molar-refractivity contribution in [3.63, 3.8) is 0 Å². The fourth-order valence-electron chi connectivity index (χ4n) is 1.13. The summed E-state index contributed by atoms with van der Waals surface area (Å²) in [6.07, 6.45) is 6.77. The van der Waals surface area contributed by atoms with E-state index in [0.29, 0.717) is 5.56 Å². The van der Waals surface area contributed by atoms with Crippen molar-refractivity contribution in [1.82, 2.24) is 0 Å². The zero-order valence-electron chi connectivity index (χ0n) is 8.31. The van der Waals surface area contributed by atoms with E-state index >= 15 is 0 Å². The second kappa shape index (κ2) is 5.29. The molecule has 1 rings (SSSR count). The fraction of sp³-hybridized carbons (Fsp3) is 0.333. The Balaban J connectivity index is 2.44. The first kappa shape index (κ1) is 10.6. The van der Waals surface area contributed by atoms with Crippen molar-refractivity contribution in [3.8, 4) is 12.3 Å². The zero-order chi connectivity index (χ0) is 10.4. The summed E-state index contributed by atoms with van der Waals surface area (Å²) < 4.78 is 13.1. The summed E-state index contributed by atoms with van der Waals surface area (Å²) in [4.78, 5) is 0. The van der Waals surface area contributed by atoms with Gasteiger partial charge in [0.15, 0.2) is 0 Å². The van der Waals surface area contributed by atoms with Gasteiger partial charge in [0.05, 0.1) is 0 Å². The van der Waals surface area contributed by atoms with Crippen molar-refractivity contribution in [2.45, 2.75) is 19.8 Å². The van der Waals surface area contributed by atoms with Crippen molar-refractivity contribution in [2.24, 2.45) is 0 Å². The molecule has 1 aromatic rings. The summed E-state index contributed by atoms with van der Waals surface area (Å²) in [5, 5.41) is 3.11. The molecule has 0 aromatic heterocycles. The van der Waals surface area contributed by atoms with Crippen LogP contribution in [0.1, 0.15) is 18.4 Å². The Morgan fingerprint density at radius 1 is 1.50 bits per heavy atom. The molecule has 1 nitrogen and oxygen atoms in total. The van der Waals surface area contributed by atoms with E-state index in [1.54, 1.807) is 13.0 Å². The van der Waals surface area contributed by atoms with Crippen LogP contribution in [-0.2, 0) is 0 Å². The highest BCUT2D eigenvalue weighted by atomic mass is 19.1. The SMILES string of the molecule is C#CCCCNc1ccc(C)c(F)c1. The highest BCUT2D eigenvalue weighted by Crippen LogP contribution is 2.13. The van der Waals surface area contributed by atoms with Gasteiger partial charge in [-0.05, 0) is 31.0 Å². The number of hydrogen-bond acceptors (Lipinski definition) is 1. The highest BCUT2D eigenvalue weighted by molar-refractivity contribution is 5.44. The Hall–Kier alpha value is -1.49. The minimum atomic E-state index is -0.174. The summed E-state index contributed by atoms with van der Waals surface area (Å²) in [6.45, 7) is 2.53. The molecule has 0 amide bonds. The van der Waals surface area contributed by atoms with Crippen LogP contribution in [-0.4, -0.2) is 6.54 Å². The van der Waals surface area contributed by atoms with E-state index in [-0.39, 0.29) is 5.82 Å². The maximum atomic E-state index is 13.1. The number of unbranched alkanes of at least 4 members (excludes halogenated alkanes) is 1. The molecule has 0 aliphatic rings. The third-order valence-electron chi connectivity index (χ3n) is 2.00. The van der Waals surface area contributed by atoms with E-state index in [1.165, 1.54) is 6.07 Å². The molecule has 0 aliphatic carbocycles. The molecule has 74 valence electrons. The van der Waals surface area contributed by atoms with Gasteiger partial charge in [-0.25, -0.2) is 4.39 Å². The predicted molar refractivity (Wildman–Crippen MR) is 57.7 cm³/mol. The standard InChI is InChI=1S/C12H14FN/c1-3-4-5-8-14-11-7-6-10(2)12(13)9-11/h1,6-7,9,14H,4-5,8H2,2H3. The third kappa shape index (κ3) is 3.10.